The maximum absolute atomic E-state index is 7.10. The van der Waals surface area contributed by atoms with Crippen LogP contribution in [0.25, 0.3) is 44.5 Å². The Balaban J connectivity index is 0.989. The van der Waals surface area contributed by atoms with Crippen LogP contribution in [0.4, 0.5) is 34.1 Å². The summed E-state index contributed by atoms with van der Waals surface area (Å²) in [6.45, 7) is 0. The van der Waals surface area contributed by atoms with Crippen LogP contribution in [0.3, 0.4) is 0 Å². The number of rotatable bonds is 10. The Morgan fingerprint density at radius 2 is 0.652 bits per heavy atom. The predicted molar refractivity (Wildman–Crippen MR) is 274 cm³/mol. The van der Waals surface area contributed by atoms with Crippen LogP contribution in [-0.2, 0) is 5.41 Å². The van der Waals surface area contributed by atoms with Gasteiger partial charge < -0.3 is 14.2 Å². The summed E-state index contributed by atoms with van der Waals surface area (Å²) in [7, 11) is 0. The number of anilines is 6. The first-order valence-electron chi connectivity index (χ1n) is 22.6. The molecule has 3 heteroatoms. The van der Waals surface area contributed by atoms with E-state index >= 15 is 0 Å². The molecule has 0 unspecified atom stereocenters. The molecule has 11 aromatic rings. The van der Waals surface area contributed by atoms with Crippen molar-refractivity contribution in [3.63, 3.8) is 0 Å². The fourth-order valence-corrected chi connectivity index (χ4v) is 10.2. The molecule has 0 spiro atoms. The number of nitrogens with zero attached hydrogens (tertiary/aromatic N) is 2. The lowest BCUT2D eigenvalue weighted by Gasteiger charge is -2.33. The van der Waals surface area contributed by atoms with Gasteiger partial charge in [0.25, 0.3) is 0 Å². The van der Waals surface area contributed by atoms with Crippen LogP contribution < -0.4 is 9.80 Å². The summed E-state index contributed by atoms with van der Waals surface area (Å²) < 4.78 is 7.10. The van der Waals surface area contributed by atoms with Crippen LogP contribution in [0.15, 0.2) is 271 Å². The zero-order chi connectivity index (χ0) is 43.9. The van der Waals surface area contributed by atoms with Crippen molar-refractivity contribution in [1.29, 1.82) is 0 Å². The Morgan fingerprint density at radius 3 is 1.08 bits per heavy atom. The van der Waals surface area contributed by atoms with E-state index in [-0.39, 0.29) is 0 Å². The van der Waals surface area contributed by atoms with Crippen LogP contribution in [0.5, 0.6) is 0 Å². The summed E-state index contributed by atoms with van der Waals surface area (Å²) in [5.41, 5.74) is 17.4. The molecule has 10 aromatic carbocycles. The van der Waals surface area contributed by atoms with E-state index in [1.54, 1.807) is 0 Å². The zero-order valence-electron chi connectivity index (χ0n) is 36.2. The highest BCUT2D eigenvalue weighted by atomic mass is 16.3. The minimum absolute atomic E-state index is 0.624. The summed E-state index contributed by atoms with van der Waals surface area (Å²) in [4.78, 5) is 4.60. The number of hydrogen-bond acceptors (Lipinski definition) is 3. The third-order valence-corrected chi connectivity index (χ3v) is 13.1. The molecule has 1 aliphatic carbocycles. The van der Waals surface area contributed by atoms with E-state index in [9.17, 15) is 0 Å². The van der Waals surface area contributed by atoms with Crippen LogP contribution in [-0.4, -0.2) is 0 Å². The first-order chi connectivity index (χ1) is 32.7. The zero-order valence-corrected chi connectivity index (χ0v) is 36.2. The lowest BCUT2D eigenvalue weighted by atomic mass is 9.67. The third-order valence-electron chi connectivity index (χ3n) is 13.1. The Hall–Kier alpha value is -8.66. The van der Waals surface area contributed by atoms with Crippen LogP contribution in [0.1, 0.15) is 22.3 Å². The van der Waals surface area contributed by atoms with Crippen molar-refractivity contribution in [1.82, 2.24) is 0 Å². The summed E-state index contributed by atoms with van der Waals surface area (Å²) in [5, 5.41) is 1.11. The van der Waals surface area contributed by atoms with Crippen molar-refractivity contribution in [2.75, 3.05) is 9.80 Å². The van der Waals surface area contributed by atoms with Gasteiger partial charge in [-0.1, -0.05) is 176 Å². The fraction of sp³-hybridized carbons (Fsp3) is 0.0159. The van der Waals surface area contributed by atoms with Crippen LogP contribution in [0, 0.1) is 0 Å². The van der Waals surface area contributed by atoms with Crippen LogP contribution in [0.2, 0.25) is 0 Å². The van der Waals surface area contributed by atoms with E-state index < -0.39 is 5.41 Å². The van der Waals surface area contributed by atoms with Gasteiger partial charge in [-0.3, -0.25) is 0 Å². The van der Waals surface area contributed by atoms with Gasteiger partial charge in [0.2, 0.25) is 0 Å². The molecule has 0 atom stereocenters. The van der Waals surface area contributed by atoms with E-state index in [0.29, 0.717) is 0 Å². The molecule has 0 saturated carbocycles. The van der Waals surface area contributed by atoms with Crippen LogP contribution >= 0.6 is 0 Å². The molecule has 0 radical (unpaired) electrons. The quantitative estimate of drug-likeness (QED) is 0.137. The lowest BCUT2D eigenvalue weighted by Crippen LogP contribution is -2.28. The van der Waals surface area contributed by atoms with Gasteiger partial charge in [-0.2, -0.15) is 0 Å². The smallest absolute Gasteiger partial charge is 0.140 e. The van der Waals surface area contributed by atoms with Crippen molar-refractivity contribution in [2.24, 2.45) is 0 Å². The highest BCUT2D eigenvalue weighted by Gasteiger charge is 2.49. The maximum Gasteiger partial charge on any atom is 0.140 e. The predicted octanol–water partition coefficient (Wildman–Crippen LogP) is 17.1. The minimum atomic E-state index is -0.624. The molecule has 1 aromatic heterocycles. The molecule has 312 valence electrons. The highest BCUT2D eigenvalue weighted by molar-refractivity contribution is 6.00. The average molecular weight is 845 g/mol. The third kappa shape index (κ3) is 6.60. The second-order valence-electron chi connectivity index (χ2n) is 16.9. The van der Waals surface area contributed by atoms with E-state index in [0.717, 1.165) is 78.7 Å². The Bertz CT molecular complexity index is 3310. The highest BCUT2D eigenvalue weighted by Crippen LogP contribution is 2.60. The minimum Gasteiger partial charge on any atom is -0.456 e. The van der Waals surface area contributed by atoms with Gasteiger partial charge in [0.05, 0.1) is 5.41 Å². The molecule has 3 nitrogen and oxygen atoms in total. The van der Waals surface area contributed by atoms with E-state index in [4.69, 9.17) is 4.42 Å². The van der Waals surface area contributed by atoms with E-state index in [1.807, 2.05) is 0 Å². The molecule has 12 rings (SSSR count). The van der Waals surface area contributed by atoms with Gasteiger partial charge in [0.1, 0.15) is 11.3 Å². The standard InChI is InChI=1S/C63H44N2O/c1-7-19-49(20-8-1)63(50-21-9-2-10-22-50)59-41-35-47(45-31-37-55(38-32-45)64(51-23-11-3-12-24-51)52-25-13-4-14-26-52)43-57(59)62-61(63)58-44-48(36-42-60(58)66-62)46-33-39-56(40-34-46)65(53-27-15-5-16-28-53)54-29-17-6-18-30-54/h1-44H. The van der Waals surface area contributed by atoms with Gasteiger partial charge in [-0.05, 0) is 130 Å². The number of fused-ring (bicyclic) bond motifs is 5. The molecular weight excluding hydrogens is 801 g/mol. The molecule has 0 saturated heterocycles. The fourth-order valence-electron chi connectivity index (χ4n) is 10.2. The molecule has 0 fully saturated rings. The normalized spacial score (nSPS) is 12.4. The summed E-state index contributed by atoms with van der Waals surface area (Å²) in [6.07, 6.45) is 0. The van der Waals surface area contributed by atoms with Crippen molar-refractivity contribution in [2.45, 2.75) is 5.41 Å². The molecule has 1 aliphatic rings. The number of benzene rings is 10. The van der Waals surface area contributed by atoms with Gasteiger partial charge in [0, 0.05) is 50.6 Å². The molecular formula is C63H44N2O. The Labute approximate surface area is 385 Å². The van der Waals surface area contributed by atoms with Crippen molar-refractivity contribution in [3.05, 3.63) is 289 Å². The number of hydrogen-bond donors (Lipinski definition) is 0. The average Bonchev–Trinajstić information content (AvgIpc) is 3.92. The summed E-state index contributed by atoms with van der Waals surface area (Å²) >= 11 is 0. The van der Waals surface area contributed by atoms with Gasteiger partial charge >= 0.3 is 0 Å². The van der Waals surface area contributed by atoms with Gasteiger partial charge in [-0.15, -0.1) is 0 Å². The molecule has 0 bridgehead atoms. The van der Waals surface area contributed by atoms with Gasteiger partial charge in [-0.25, -0.2) is 0 Å². The largest absolute Gasteiger partial charge is 0.456 e. The molecule has 66 heavy (non-hydrogen) atoms. The second-order valence-corrected chi connectivity index (χ2v) is 16.9. The summed E-state index contributed by atoms with van der Waals surface area (Å²) in [6, 6.07) is 95.7. The summed E-state index contributed by atoms with van der Waals surface area (Å²) in [5.74, 6) is 0.916. The first kappa shape index (κ1) is 39.0. The molecule has 0 N–H and O–H groups in total. The topological polar surface area (TPSA) is 19.6 Å². The maximum atomic E-state index is 7.10. The molecule has 0 aliphatic heterocycles. The van der Waals surface area contributed by atoms with Gasteiger partial charge in [0.15, 0.2) is 0 Å². The molecule has 1 heterocycles. The first-order valence-corrected chi connectivity index (χ1v) is 22.6. The lowest BCUT2D eigenvalue weighted by molar-refractivity contribution is 0.628. The molecule has 0 amide bonds. The van der Waals surface area contributed by atoms with E-state index in [1.165, 1.54) is 22.3 Å². The Morgan fingerprint density at radius 1 is 0.303 bits per heavy atom. The number of para-hydroxylation sites is 4. The monoisotopic (exact) mass is 844 g/mol. The van der Waals surface area contributed by atoms with Crippen molar-refractivity contribution in [3.8, 4) is 33.6 Å². The van der Waals surface area contributed by atoms with Crippen molar-refractivity contribution >= 4 is 45.1 Å². The van der Waals surface area contributed by atoms with E-state index in [2.05, 4.69) is 277 Å². The Kier molecular flexibility index (Phi) is 9.73. The number of furan rings is 1. The second kappa shape index (κ2) is 16.5. The SMILES string of the molecule is c1ccc(N(c2ccccc2)c2ccc(-c3ccc4c(c3)-c3oc5ccc(-c6ccc(N(c7ccccc7)c7ccccc7)cc6)cc5c3C4(c3ccccc3)c3ccccc3)cc2)cc1. The van der Waals surface area contributed by atoms with Crippen molar-refractivity contribution < 1.29 is 4.42 Å².